The van der Waals surface area contributed by atoms with Gasteiger partial charge in [-0.3, -0.25) is 14.4 Å². The van der Waals surface area contributed by atoms with Gasteiger partial charge in [0.25, 0.3) is 0 Å². The summed E-state index contributed by atoms with van der Waals surface area (Å²) in [5.41, 5.74) is 8.38. The zero-order chi connectivity index (χ0) is 21.7. The number of carboxylic acid groups (broad SMARTS) is 1. The molecule has 0 saturated carbocycles. The molecule has 0 fully saturated rings. The molecule has 3 unspecified atom stereocenters. The molecule has 0 aliphatic heterocycles. The van der Waals surface area contributed by atoms with Gasteiger partial charge in [0.15, 0.2) is 0 Å². The summed E-state index contributed by atoms with van der Waals surface area (Å²) >= 11 is 0. The van der Waals surface area contributed by atoms with Gasteiger partial charge in [-0.25, -0.2) is 4.98 Å². The number of nitrogens with two attached hydrogens (primary N) is 1. The third-order valence-corrected chi connectivity index (χ3v) is 4.79. The van der Waals surface area contributed by atoms with Crippen molar-refractivity contribution in [1.29, 1.82) is 0 Å². The minimum absolute atomic E-state index is 0.171. The molecule has 0 bridgehead atoms. The third-order valence-electron chi connectivity index (χ3n) is 4.79. The van der Waals surface area contributed by atoms with Crippen LogP contribution in [0.2, 0.25) is 0 Å². The lowest BCUT2D eigenvalue weighted by Gasteiger charge is -2.21. The molecule has 10 nitrogen and oxygen atoms in total. The van der Waals surface area contributed by atoms with Crippen LogP contribution in [-0.4, -0.2) is 56.0 Å². The molecule has 0 aliphatic carbocycles. The number of hydrogen-bond donors (Lipinski definition) is 6. The lowest BCUT2D eigenvalue weighted by atomic mass is 10.0. The van der Waals surface area contributed by atoms with Crippen molar-refractivity contribution >= 4 is 28.7 Å². The molecule has 1 aromatic carbocycles. The number of aromatic nitrogens is 3. The second kappa shape index (κ2) is 9.23. The van der Waals surface area contributed by atoms with E-state index in [1.807, 2.05) is 24.3 Å². The average molecular weight is 412 g/mol. The summed E-state index contributed by atoms with van der Waals surface area (Å²) < 4.78 is 0. The standard InChI is InChI=1S/C20H24N6O4/c1-11(20(29)30)25-19(28)17(6-12-8-23-16-5-3-2-4-14(12)16)26-18(27)15(21)7-13-9-22-10-24-13/h2-5,8-11,15,17,23H,6-7,21H2,1H3,(H,22,24)(H,25,28)(H,26,27)(H,29,30). The number of carbonyl (C=O) groups is 3. The number of carbonyl (C=O) groups excluding carboxylic acids is 2. The summed E-state index contributed by atoms with van der Waals surface area (Å²) in [6, 6.07) is 4.57. The largest absolute Gasteiger partial charge is 0.480 e. The zero-order valence-electron chi connectivity index (χ0n) is 16.4. The van der Waals surface area contributed by atoms with Gasteiger partial charge in [-0.15, -0.1) is 0 Å². The highest BCUT2D eigenvalue weighted by Gasteiger charge is 2.27. The van der Waals surface area contributed by atoms with Gasteiger partial charge in [0.05, 0.1) is 12.4 Å². The maximum Gasteiger partial charge on any atom is 0.325 e. The number of nitrogens with zero attached hydrogens (tertiary/aromatic N) is 1. The first kappa shape index (κ1) is 21.1. The van der Waals surface area contributed by atoms with Crippen molar-refractivity contribution in [3.05, 3.63) is 54.2 Å². The molecule has 3 aromatic rings. The lowest BCUT2D eigenvalue weighted by Crippen LogP contribution is -2.55. The van der Waals surface area contributed by atoms with Gasteiger partial charge in [-0.2, -0.15) is 0 Å². The fourth-order valence-corrected chi connectivity index (χ4v) is 3.11. The summed E-state index contributed by atoms with van der Waals surface area (Å²) in [6.07, 6.45) is 5.21. The van der Waals surface area contributed by atoms with E-state index in [4.69, 9.17) is 10.8 Å². The van der Waals surface area contributed by atoms with Gasteiger partial charge < -0.3 is 31.4 Å². The Morgan fingerprint density at radius 2 is 1.90 bits per heavy atom. The zero-order valence-corrected chi connectivity index (χ0v) is 16.4. The van der Waals surface area contributed by atoms with Crippen LogP contribution in [0.15, 0.2) is 43.0 Å². The van der Waals surface area contributed by atoms with Crippen LogP contribution in [0.25, 0.3) is 10.9 Å². The number of H-pyrrole nitrogens is 2. The van der Waals surface area contributed by atoms with Crippen LogP contribution in [0.3, 0.4) is 0 Å². The van der Waals surface area contributed by atoms with E-state index in [2.05, 4.69) is 25.6 Å². The van der Waals surface area contributed by atoms with Crippen LogP contribution in [0, 0.1) is 0 Å². The fraction of sp³-hybridized carbons (Fsp3) is 0.300. The second-order valence-electron chi connectivity index (χ2n) is 7.08. The molecular weight excluding hydrogens is 388 g/mol. The average Bonchev–Trinajstić information content (AvgIpc) is 3.37. The van der Waals surface area contributed by atoms with E-state index in [1.54, 1.807) is 12.4 Å². The molecule has 0 radical (unpaired) electrons. The quantitative estimate of drug-likeness (QED) is 0.291. The molecule has 2 amide bonds. The summed E-state index contributed by atoms with van der Waals surface area (Å²) in [5, 5.41) is 15.1. The van der Waals surface area contributed by atoms with Gasteiger partial charge >= 0.3 is 5.97 Å². The highest BCUT2D eigenvalue weighted by atomic mass is 16.4. The monoisotopic (exact) mass is 412 g/mol. The highest BCUT2D eigenvalue weighted by Crippen LogP contribution is 2.19. The van der Waals surface area contributed by atoms with Crippen molar-refractivity contribution in [2.45, 2.75) is 37.9 Å². The van der Waals surface area contributed by atoms with Gasteiger partial charge in [0.1, 0.15) is 12.1 Å². The first-order valence-corrected chi connectivity index (χ1v) is 9.46. The molecule has 30 heavy (non-hydrogen) atoms. The Balaban J connectivity index is 1.77. The van der Waals surface area contributed by atoms with Gasteiger partial charge in [0, 0.05) is 41.8 Å². The van der Waals surface area contributed by atoms with Gasteiger partial charge in [-0.05, 0) is 18.6 Å². The van der Waals surface area contributed by atoms with E-state index in [9.17, 15) is 14.4 Å². The summed E-state index contributed by atoms with van der Waals surface area (Å²) in [7, 11) is 0. The third kappa shape index (κ3) is 5.03. The van der Waals surface area contributed by atoms with E-state index >= 15 is 0 Å². The van der Waals surface area contributed by atoms with E-state index in [0.717, 1.165) is 16.5 Å². The highest BCUT2D eigenvalue weighted by molar-refractivity contribution is 5.92. The molecule has 2 aromatic heterocycles. The predicted octanol–water partition coefficient (Wildman–Crippen LogP) is 0.0776. The number of benzene rings is 1. The summed E-state index contributed by atoms with van der Waals surface area (Å²) in [5.74, 6) is -2.29. The first-order chi connectivity index (χ1) is 14.3. The van der Waals surface area contributed by atoms with E-state index < -0.39 is 35.9 Å². The van der Waals surface area contributed by atoms with E-state index in [-0.39, 0.29) is 12.8 Å². The van der Waals surface area contributed by atoms with Gasteiger partial charge in [-0.1, -0.05) is 18.2 Å². The number of nitrogens with one attached hydrogen (secondary N) is 4. The van der Waals surface area contributed by atoms with E-state index in [0.29, 0.717) is 5.69 Å². The van der Waals surface area contributed by atoms with Crippen LogP contribution in [0.4, 0.5) is 0 Å². The lowest BCUT2D eigenvalue weighted by molar-refractivity contribution is -0.141. The number of carboxylic acids is 1. The fourth-order valence-electron chi connectivity index (χ4n) is 3.11. The molecule has 3 rings (SSSR count). The Morgan fingerprint density at radius 1 is 1.13 bits per heavy atom. The SMILES string of the molecule is CC(NC(=O)C(Cc1c[nH]c2ccccc12)NC(=O)C(N)Cc1cnc[nH]1)C(=O)O. The minimum Gasteiger partial charge on any atom is -0.480 e. The Kier molecular flexibility index (Phi) is 6.48. The second-order valence-corrected chi connectivity index (χ2v) is 7.08. The molecule has 0 saturated heterocycles. The minimum atomic E-state index is -1.17. The number of aromatic amines is 2. The maximum absolute atomic E-state index is 12.7. The van der Waals surface area contributed by atoms with Crippen molar-refractivity contribution in [3.63, 3.8) is 0 Å². The molecule has 0 aliphatic rings. The summed E-state index contributed by atoms with van der Waals surface area (Å²) in [4.78, 5) is 46.4. The first-order valence-electron chi connectivity index (χ1n) is 9.46. The number of aliphatic carboxylic acids is 1. The number of rotatable bonds is 9. The number of hydrogen-bond acceptors (Lipinski definition) is 5. The molecule has 10 heteroatoms. The molecule has 158 valence electrons. The topological polar surface area (TPSA) is 166 Å². The van der Waals surface area contributed by atoms with Crippen molar-refractivity contribution in [1.82, 2.24) is 25.6 Å². The van der Waals surface area contributed by atoms with Crippen molar-refractivity contribution < 1.29 is 19.5 Å². The van der Waals surface area contributed by atoms with Crippen LogP contribution in [0.5, 0.6) is 0 Å². The molecule has 2 heterocycles. The van der Waals surface area contributed by atoms with Crippen LogP contribution in [0.1, 0.15) is 18.2 Å². The Bertz CT molecular complexity index is 1030. The van der Waals surface area contributed by atoms with Crippen LogP contribution >= 0.6 is 0 Å². The smallest absolute Gasteiger partial charge is 0.325 e. The Morgan fingerprint density at radius 3 is 2.60 bits per heavy atom. The number of amides is 2. The van der Waals surface area contributed by atoms with Crippen molar-refractivity contribution in [2.24, 2.45) is 5.73 Å². The van der Waals surface area contributed by atoms with E-state index in [1.165, 1.54) is 13.3 Å². The Labute approximate surface area is 172 Å². The van der Waals surface area contributed by atoms with Crippen LogP contribution in [-0.2, 0) is 27.2 Å². The van der Waals surface area contributed by atoms with Crippen molar-refractivity contribution in [3.8, 4) is 0 Å². The van der Waals surface area contributed by atoms with Gasteiger partial charge in [0.2, 0.25) is 11.8 Å². The predicted molar refractivity (Wildman–Crippen MR) is 109 cm³/mol. The maximum atomic E-state index is 12.7. The summed E-state index contributed by atoms with van der Waals surface area (Å²) in [6.45, 7) is 1.36. The molecule has 7 N–H and O–H groups in total. The Hall–Kier alpha value is -3.66. The van der Waals surface area contributed by atoms with Crippen LogP contribution < -0.4 is 16.4 Å². The number of fused-ring (bicyclic) bond motifs is 1. The number of imidazole rings is 1. The van der Waals surface area contributed by atoms with Crippen molar-refractivity contribution in [2.75, 3.05) is 0 Å². The molecule has 3 atom stereocenters. The molecular formula is C20H24N6O4. The number of para-hydroxylation sites is 1. The molecule has 0 spiro atoms. The normalized spacial score (nSPS) is 14.1.